The quantitative estimate of drug-likeness (QED) is 0.771. The van der Waals surface area contributed by atoms with Crippen LogP contribution in [0.3, 0.4) is 0 Å². The largest absolute Gasteiger partial charge is 0.376 e. The Bertz CT molecular complexity index is 668. The lowest BCUT2D eigenvalue weighted by molar-refractivity contribution is 0.113. The predicted octanol–water partition coefficient (Wildman–Crippen LogP) is 1.19. The lowest BCUT2D eigenvalue weighted by atomic mass is 10.2. The van der Waals surface area contributed by atoms with Gasteiger partial charge in [-0.1, -0.05) is 30.3 Å². The number of hydrogen-bond acceptors (Lipinski definition) is 4. The van der Waals surface area contributed by atoms with Crippen LogP contribution in [-0.2, 0) is 20.5 Å². The lowest BCUT2D eigenvalue weighted by Crippen LogP contribution is -2.53. The molecular weight excluding hydrogens is 358 g/mol. The van der Waals surface area contributed by atoms with Gasteiger partial charge in [0.25, 0.3) is 0 Å². The molecule has 0 spiro atoms. The maximum Gasteiger partial charge on any atom is 0.218 e. The molecular formula is C17H25N3O3S2. The third-order valence-corrected chi connectivity index (χ3v) is 6.87. The Hall–Kier alpha value is -1.22. The zero-order valence-corrected chi connectivity index (χ0v) is 15.9. The third kappa shape index (κ3) is 5.13. The van der Waals surface area contributed by atoms with Crippen molar-refractivity contribution in [2.24, 2.45) is 0 Å². The molecule has 1 N–H and O–H groups in total. The van der Waals surface area contributed by atoms with Crippen molar-refractivity contribution in [2.75, 3.05) is 39.3 Å². The molecule has 1 aromatic carbocycles. The van der Waals surface area contributed by atoms with E-state index < -0.39 is 10.0 Å². The van der Waals surface area contributed by atoms with Crippen LogP contribution in [0.2, 0.25) is 0 Å². The highest BCUT2D eigenvalue weighted by Gasteiger charge is 2.28. The van der Waals surface area contributed by atoms with Crippen LogP contribution >= 0.6 is 12.2 Å². The zero-order valence-electron chi connectivity index (χ0n) is 14.3. The summed E-state index contributed by atoms with van der Waals surface area (Å²) in [6.45, 7) is 3.73. The number of ether oxygens (including phenoxy) is 1. The van der Waals surface area contributed by atoms with E-state index in [4.69, 9.17) is 17.0 Å². The molecule has 2 heterocycles. The fraction of sp³-hybridized carbons (Fsp3) is 0.588. The Morgan fingerprint density at radius 1 is 1.20 bits per heavy atom. The van der Waals surface area contributed by atoms with Crippen LogP contribution in [0, 0.1) is 0 Å². The van der Waals surface area contributed by atoms with E-state index in [2.05, 4.69) is 5.32 Å². The number of nitrogens with one attached hydrogen (secondary N) is 1. The van der Waals surface area contributed by atoms with E-state index in [0.717, 1.165) is 31.6 Å². The molecule has 0 amide bonds. The summed E-state index contributed by atoms with van der Waals surface area (Å²) in [7, 11) is -3.29. The number of sulfonamides is 1. The molecule has 0 saturated carbocycles. The molecule has 2 fully saturated rings. The molecule has 1 aromatic rings. The Morgan fingerprint density at radius 2 is 1.92 bits per heavy atom. The van der Waals surface area contributed by atoms with Crippen LogP contribution < -0.4 is 5.32 Å². The molecule has 0 unspecified atom stereocenters. The molecule has 1 atom stereocenters. The van der Waals surface area contributed by atoms with Crippen LogP contribution in [-0.4, -0.2) is 68.2 Å². The second-order valence-corrected chi connectivity index (χ2v) is 8.80. The summed E-state index contributed by atoms with van der Waals surface area (Å²) in [5.41, 5.74) is 0.818. The molecule has 8 heteroatoms. The number of benzene rings is 1. The van der Waals surface area contributed by atoms with Crippen molar-refractivity contribution < 1.29 is 13.2 Å². The van der Waals surface area contributed by atoms with Crippen molar-refractivity contribution in [1.29, 1.82) is 0 Å². The van der Waals surface area contributed by atoms with Gasteiger partial charge in [0.15, 0.2) is 5.11 Å². The van der Waals surface area contributed by atoms with Crippen molar-refractivity contribution in [3.63, 3.8) is 0 Å². The summed E-state index contributed by atoms with van der Waals surface area (Å²) in [5.74, 6) is 0.0511. The van der Waals surface area contributed by atoms with Crippen molar-refractivity contribution in [3.05, 3.63) is 35.9 Å². The summed E-state index contributed by atoms with van der Waals surface area (Å²) in [4.78, 5) is 2.04. The number of nitrogens with zero attached hydrogens (tertiary/aromatic N) is 2. The first-order valence-corrected chi connectivity index (χ1v) is 10.7. The van der Waals surface area contributed by atoms with Gasteiger partial charge in [0.05, 0.1) is 11.9 Å². The van der Waals surface area contributed by atoms with Gasteiger partial charge in [-0.25, -0.2) is 8.42 Å². The first kappa shape index (κ1) is 18.6. The highest BCUT2D eigenvalue weighted by molar-refractivity contribution is 7.88. The Balaban J connectivity index is 1.46. The standard InChI is InChI=1S/C17H25N3O3S2/c21-25(22,14-15-5-2-1-3-6-15)20-10-8-19(9-11-20)17(24)18-13-16-7-4-12-23-16/h1-3,5-6,16H,4,7-14H2,(H,18,24)/t16-/m1/s1. The fourth-order valence-corrected chi connectivity index (χ4v) is 4.95. The lowest BCUT2D eigenvalue weighted by Gasteiger charge is -2.35. The molecule has 138 valence electrons. The van der Waals surface area contributed by atoms with Crippen LogP contribution in [0.15, 0.2) is 30.3 Å². The maximum absolute atomic E-state index is 12.6. The van der Waals surface area contributed by atoms with Gasteiger partial charge in [0.2, 0.25) is 10.0 Å². The summed E-state index contributed by atoms with van der Waals surface area (Å²) >= 11 is 5.44. The first-order chi connectivity index (χ1) is 12.0. The summed E-state index contributed by atoms with van der Waals surface area (Å²) in [6, 6.07) is 9.30. The average Bonchev–Trinajstić information content (AvgIpc) is 3.14. The molecule has 25 heavy (non-hydrogen) atoms. The van der Waals surface area contributed by atoms with Crippen LogP contribution in [0.4, 0.5) is 0 Å². The highest BCUT2D eigenvalue weighted by atomic mass is 32.2. The minimum Gasteiger partial charge on any atom is -0.376 e. The van der Waals surface area contributed by atoms with Gasteiger partial charge in [-0.05, 0) is 30.6 Å². The van der Waals surface area contributed by atoms with E-state index in [1.165, 1.54) is 0 Å². The molecule has 2 aliphatic heterocycles. The number of rotatable bonds is 5. The normalized spacial score (nSPS) is 22.1. The van der Waals surface area contributed by atoms with Gasteiger partial charge in [-0.3, -0.25) is 0 Å². The van der Waals surface area contributed by atoms with Crippen molar-refractivity contribution in [2.45, 2.75) is 24.7 Å². The van der Waals surface area contributed by atoms with Gasteiger partial charge in [-0.2, -0.15) is 4.31 Å². The summed E-state index contributed by atoms with van der Waals surface area (Å²) in [5, 5.41) is 3.94. The SMILES string of the molecule is O=S(=O)(Cc1ccccc1)N1CCN(C(=S)NC[C@H]2CCCO2)CC1. The number of thiocarbonyl (C=S) groups is 1. The van der Waals surface area contributed by atoms with Crippen LogP contribution in [0.5, 0.6) is 0 Å². The minimum atomic E-state index is -3.29. The number of hydrogen-bond donors (Lipinski definition) is 1. The van der Waals surface area contributed by atoms with Gasteiger partial charge >= 0.3 is 0 Å². The maximum atomic E-state index is 12.6. The van der Waals surface area contributed by atoms with E-state index in [0.29, 0.717) is 31.3 Å². The molecule has 0 aliphatic carbocycles. The van der Waals surface area contributed by atoms with Gasteiger partial charge in [0, 0.05) is 39.3 Å². The van der Waals surface area contributed by atoms with Crippen molar-refractivity contribution in [1.82, 2.24) is 14.5 Å². The van der Waals surface area contributed by atoms with Gasteiger partial charge in [-0.15, -0.1) is 0 Å². The first-order valence-electron chi connectivity index (χ1n) is 8.71. The average molecular weight is 384 g/mol. The Morgan fingerprint density at radius 3 is 2.56 bits per heavy atom. The van der Waals surface area contributed by atoms with E-state index in [1.807, 2.05) is 35.2 Å². The van der Waals surface area contributed by atoms with Crippen molar-refractivity contribution in [3.8, 4) is 0 Å². The third-order valence-electron chi connectivity index (χ3n) is 4.62. The molecule has 6 nitrogen and oxygen atoms in total. The van der Waals surface area contributed by atoms with E-state index in [-0.39, 0.29) is 11.9 Å². The van der Waals surface area contributed by atoms with Gasteiger partial charge < -0.3 is 15.0 Å². The molecule has 2 saturated heterocycles. The van der Waals surface area contributed by atoms with E-state index in [9.17, 15) is 8.42 Å². The Kier molecular flexibility index (Phi) is 6.27. The summed E-state index contributed by atoms with van der Waals surface area (Å²) < 4.78 is 32.3. The van der Waals surface area contributed by atoms with E-state index >= 15 is 0 Å². The fourth-order valence-electron chi connectivity index (χ4n) is 3.16. The number of piperazine rings is 1. The van der Waals surface area contributed by atoms with Gasteiger partial charge in [0.1, 0.15) is 0 Å². The molecule has 2 aliphatic rings. The minimum absolute atomic E-state index is 0.0511. The highest BCUT2D eigenvalue weighted by Crippen LogP contribution is 2.14. The second kappa shape index (κ2) is 8.44. The van der Waals surface area contributed by atoms with Crippen LogP contribution in [0.1, 0.15) is 18.4 Å². The van der Waals surface area contributed by atoms with E-state index in [1.54, 1.807) is 4.31 Å². The van der Waals surface area contributed by atoms with Crippen molar-refractivity contribution >= 4 is 27.4 Å². The smallest absolute Gasteiger partial charge is 0.218 e. The predicted molar refractivity (Wildman–Crippen MR) is 102 cm³/mol. The topological polar surface area (TPSA) is 61.9 Å². The molecule has 0 aromatic heterocycles. The molecule has 0 bridgehead atoms. The molecule has 3 rings (SSSR count). The second-order valence-electron chi connectivity index (χ2n) is 6.45. The Labute approximate surface area is 155 Å². The molecule has 0 radical (unpaired) electrons. The zero-order chi connectivity index (χ0) is 17.7. The monoisotopic (exact) mass is 383 g/mol. The summed E-state index contributed by atoms with van der Waals surface area (Å²) in [6.07, 6.45) is 2.42. The van der Waals surface area contributed by atoms with Crippen LogP contribution in [0.25, 0.3) is 0 Å².